The second-order valence-corrected chi connectivity index (χ2v) is 4.81. The second-order valence-electron chi connectivity index (χ2n) is 4.81. The molecule has 2 heteroatoms. The summed E-state index contributed by atoms with van der Waals surface area (Å²) in [6.07, 6.45) is 1.18. The van der Waals surface area contributed by atoms with E-state index in [4.69, 9.17) is 0 Å². The van der Waals surface area contributed by atoms with Gasteiger partial charge >= 0.3 is 0 Å². The van der Waals surface area contributed by atoms with E-state index < -0.39 is 0 Å². The second kappa shape index (κ2) is 2.83. The fourth-order valence-electron chi connectivity index (χ4n) is 3.22. The highest BCUT2D eigenvalue weighted by atomic mass is 16.1. The molecule has 0 spiro atoms. The number of carbonyl (C=O) groups excluding carboxylic acids is 2. The van der Waals surface area contributed by atoms with E-state index >= 15 is 0 Å². The van der Waals surface area contributed by atoms with E-state index in [9.17, 15) is 9.59 Å². The number of Topliss-reactive ketones (excluding diaryl/α,β-unsaturated/α-hetero) is 2. The Balaban J connectivity index is 2.24. The summed E-state index contributed by atoms with van der Waals surface area (Å²) >= 11 is 0. The van der Waals surface area contributed by atoms with Crippen LogP contribution in [-0.2, 0) is 0 Å². The van der Waals surface area contributed by atoms with E-state index in [0.717, 1.165) is 27.5 Å². The normalized spacial score (nSPS) is 21.3. The van der Waals surface area contributed by atoms with E-state index in [-0.39, 0.29) is 17.5 Å². The zero-order chi connectivity index (χ0) is 11.6. The minimum Gasteiger partial charge on any atom is -0.294 e. The van der Waals surface area contributed by atoms with Crippen molar-refractivity contribution in [1.82, 2.24) is 0 Å². The average Bonchev–Trinajstić information content (AvgIpc) is 2.65. The van der Waals surface area contributed by atoms with Crippen LogP contribution in [0.5, 0.6) is 0 Å². The predicted molar refractivity (Wildman–Crippen MR) is 64.6 cm³/mol. The fourth-order valence-corrected chi connectivity index (χ4v) is 3.22. The monoisotopic (exact) mass is 222 g/mol. The first-order valence-corrected chi connectivity index (χ1v) is 5.90. The van der Waals surface area contributed by atoms with Crippen LogP contribution in [0.4, 0.5) is 0 Å². The lowest BCUT2D eigenvalue weighted by atomic mass is 9.82. The molecule has 0 aliphatic heterocycles. The minimum absolute atomic E-state index is 0.0659. The minimum atomic E-state index is -0.0659. The molecule has 0 amide bonds. The van der Waals surface area contributed by atoms with Gasteiger partial charge in [-0.3, -0.25) is 9.59 Å². The smallest absolute Gasteiger partial charge is 0.171 e. The predicted octanol–water partition coefficient (Wildman–Crippen LogP) is 3.10. The molecule has 0 N–H and O–H groups in total. The summed E-state index contributed by atoms with van der Waals surface area (Å²) in [6, 6.07) is 9.65. The molecule has 1 unspecified atom stereocenters. The highest BCUT2D eigenvalue weighted by Gasteiger charge is 2.38. The van der Waals surface area contributed by atoms with Gasteiger partial charge in [-0.25, -0.2) is 0 Å². The van der Waals surface area contributed by atoms with Crippen LogP contribution < -0.4 is 0 Å². The third kappa shape index (κ3) is 0.960. The van der Waals surface area contributed by atoms with Gasteiger partial charge in [-0.2, -0.15) is 0 Å². The maximum atomic E-state index is 12.3. The Morgan fingerprint density at radius 3 is 2.76 bits per heavy atom. The number of ketones is 2. The van der Waals surface area contributed by atoms with E-state index in [1.807, 2.05) is 30.3 Å². The summed E-state index contributed by atoms with van der Waals surface area (Å²) in [5.41, 5.74) is 2.57. The molecule has 2 aliphatic carbocycles. The highest BCUT2D eigenvalue weighted by molar-refractivity contribution is 6.22. The summed E-state index contributed by atoms with van der Waals surface area (Å²) in [5, 5.41) is 2.10. The molecule has 0 bridgehead atoms. The Hall–Kier alpha value is -1.96. The van der Waals surface area contributed by atoms with Gasteiger partial charge in [0.05, 0.1) is 0 Å². The topological polar surface area (TPSA) is 34.1 Å². The summed E-state index contributed by atoms with van der Waals surface area (Å²) < 4.78 is 0. The van der Waals surface area contributed by atoms with Crippen LogP contribution in [0.3, 0.4) is 0 Å². The van der Waals surface area contributed by atoms with Gasteiger partial charge in [-0.1, -0.05) is 30.3 Å². The number of rotatable bonds is 0. The van der Waals surface area contributed by atoms with Gasteiger partial charge in [-0.15, -0.1) is 0 Å². The zero-order valence-electron chi connectivity index (χ0n) is 9.19. The van der Waals surface area contributed by atoms with Crippen molar-refractivity contribution < 1.29 is 9.59 Å². The van der Waals surface area contributed by atoms with Crippen molar-refractivity contribution in [3.8, 4) is 0 Å². The van der Waals surface area contributed by atoms with Crippen LogP contribution in [0.1, 0.15) is 45.0 Å². The summed E-state index contributed by atoms with van der Waals surface area (Å²) in [7, 11) is 0. The third-order valence-corrected chi connectivity index (χ3v) is 3.98. The summed E-state index contributed by atoms with van der Waals surface area (Å²) in [6.45, 7) is 0. The molecule has 82 valence electrons. The number of hydrogen-bond donors (Lipinski definition) is 0. The lowest BCUT2D eigenvalue weighted by Crippen LogP contribution is -2.17. The molecule has 2 aromatic rings. The van der Waals surface area contributed by atoms with Gasteiger partial charge in [0.25, 0.3) is 0 Å². The molecule has 0 saturated carbocycles. The van der Waals surface area contributed by atoms with Crippen LogP contribution in [0.2, 0.25) is 0 Å². The van der Waals surface area contributed by atoms with E-state index in [1.165, 1.54) is 0 Å². The Morgan fingerprint density at radius 2 is 1.88 bits per heavy atom. The Bertz CT molecular complexity index is 697. The summed E-state index contributed by atoms with van der Waals surface area (Å²) in [4.78, 5) is 24.2. The van der Waals surface area contributed by atoms with Crippen molar-refractivity contribution >= 4 is 22.3 Å². The van der Waals surface area contributed by atoms with Crippen LogP contribution in [0, 0.1) is 0 Å². The zero-order valence-corrected chi connectivity index (χ0v) is 9.19. The van der Waals surface area contributed by atoms with Crippen molar-refractivity contribution in [3.05, 3.63) is 47.0 Å². The Labute approximate surface area is 98.2 Å². The van der Waals surface area contributed by atoms with Crippen LogP contribution in [0.25, 0.3) is 10.8 Å². The highest BCUT2D eigenvalue weighted by Crippen LogP contribution is 2.45. The molecule has 17 heavy (non-hydrogen) atoms. The van der Waals surface area contributed by atoms with Gasteiger partial charge in [0, 0.05) is 23.5 Å². The molecule has 2 aromatic carbocycles. The molecule has 0 aromatic heterocycles. The molecular formula is C15H10O2. The maximum Gasteiger partial charge on any atom is 0.171 e. The van der Waals surface area contributed by atoms with Crippen molar-refractivity contribution in [2.24, 2.45) is 0 Å². The van der Waals surface area contributed by atoms with Gasteiger partial charge in [0.15, 0.2) is 11.6 Å². The quantitative estimate of drug-likeness (QED) is 0.686. The maximum absolute atomic E-state index is 12.3. The summed E-state index contributed by atoms with van der Waals surface area (Å²) in [5.74, 6) is 0.317. The molecule has 0 saturated heterocycles. The SMILES string of the molecule is O=C1CCC2C(=O)c3cccc4ccc1c2c34. The molecule has 1 atom stereocenters. The molecule has 0 fully saturated rings. The number of hydrogen-bond acceptors (Lipinski definition) is 2. The molecule has 2 aliphatic rings. The number of carbonyl (C=O) groups is 2. The van der Waals surface area contributed by atoms with Crippen LogP contribution >= 0.6 is 0 Å². The van der Waals surface area contributed by atoms with Gasteiger partial charge in [0.1, 0.15) is 0 Å². The average molecular weight is 222 g/mol. The van der Waals surface area contributed by atoms with Gasteiger partial charge in [0.2, 0.25) is 0 Å². The molecular weight excluding hydrogens is 212 g/mol. The fraction of sp³-hybridized carbons (Fsp3) is 0.200. The first kappa shape index (κ1) is 9.11. The van der Waals surface area contributed by atoms with Crippen molar-refractivity contribution in [2.75, 3.05) is 0 Å². The number of benzene rings is 2. The molecule has 2 nitrogen and oxygen atoms in total. The van der Waals surface area contributed by atoms with E-state index in [0.29, 0.717) is 12.8 Å². The van der Waals surface area contributed by atoms with Gasteiger partial charge < -0.3 is 0 Å². The third-order valence-electron chi connectivity index (χ3n) is 3.98. The van der Waals surface area contributed by atoms with Crippen molar-refractivity contribution in [2.45, 2.75) is 18.8 Å². The van der Waals surface area contributed by atoms with Crippen LogP contribution in [-0.4, -0.2) is 11.6 Å². The molecule has 0 heterocycles. The lowest BCUT2D eigenvalue weighted by molar-refractivity contribution is 0.0926. The molecule has 4 rings (SSSR count). The first-order chi connectivity index (χ1) is 8.27. The van der Waals surface area contributed by atoms with E-state index in [2.05, 4.69) is 0 Å². The lowest BCUT2D eigenvalue weighted by Gasteiger charge is -2.19. The van der Waals surface area contributed by atoms with E-state index in [1.54, 1.807) is 0 Å². The Kier molecular flexibility index (Phi) is 1.52. The largest absolute Gasteiger partial charge is 0.294 e. The van der Waals surface area contributed by atoms with Crippen molar-refractivity contribution in [1.29, 1.82) is 0 Å². The van der Waals surface area contributed by atoms with Gasteiger partial charge in [-0.05, 0) is 22.8 Å². The van der Waals surface area contributed by atoms with Crippen LogP contribution in [0.15, 0.2) is 30.3 Å². The first-order valence-electron chi connectivity index (χ1n) is 5.90. The molecule has 0 radical (unpaired) electrons. The standard InChI is InChI=1S/C15H10O2/c16-12-7-6-11-14-9(12)5-4-8-2-1-3-10(13(8)14)15(11)17/h1-5,11H,6-7H2. The Morgan fingerprint density at radius 1 is 1.00 bits per heavy atom. The van der Waals surface area contributed by atoms with Crippen molar-refractivity contribution in [3.63, 3.8) is 0 Å².